The summed E-state index contributed by atoms with van der Waals surface area (Å²) in [4.78, 5) is 13.5. The van der Waals surface area contributed by atoms with Gasteiger partial charge in [0.05, 0.1) is 0 Å². The van der Waals surface area contributed by atoms with Crippen LogP contribution in [-0.2, 0) is 11.2 Å². The molecule has 0 heterocycles. The Hall–Kier alpha value is -1.59. The molecule has 1 aromatic rings. The van der Waals surface area contributed by atoms with Crippen molar-refractivity contribution >= 4 is 5.78 Å². The molecule has 0 aliphatic rings. The fourth-order valence-electron chi connectivity index (χ4n) is 1.83. The molecule has 0 saturated heterocycles. The Morgan fingerprint density at radius 3 is 2.68 bits per heavy atom. The van der Waals surface area contributed by atoms with Crippen molar-refractivity contribution in [1.29, 1.82) is 0 Å². The molecule has 0 aliphatic heterocycles. The highest BCUT2D eigenvalue weighted by molar-refractivity contribution is 5.80. The number of hydrogen-bond donors (Lipinski definition) is 1. The van der Waals surface area contributed by atoms with Gasteiger partial charge in [0.25, 0.3) is 0 Å². The van der Waals surface area contributed by atoms with Gasteiger partial charge >= 0.3 is 0 Å². The fourth-order valence-corrected chi connectivity index (χ4v) is 1.83. The number of aliphatic hydroxyl groups excluding tert-OH is 1. The number of aryl methyl sites for hydroxylation is 1. The molecular weight excluding hydrogens is 282 g/mol. The monoisotopic (exact) mass is 309 g/mol. The largest absolute Gasteiger partial charge is 0.492 e. The minimum atomic E-state index is -0.495. The van der Waals surface area contributed by atoms with Gasteiger partial charge in [0.2, 0.25) is 0 Å². The molecule has 0 aromatic heterocycles. The Balaban J connectivity index is 2.82. The van der Waals surface area contributed by atoms with E-state index in [0.717, 1.165) is 17.9 Å². The average molecular weight is 309 g/mol. The highest BCUT2D eigenvalue weighted by Gasteiger charge is 2.13. The number of aliphatic hydroxyl groups is 1. The Bertz CT molecular complexity index is 474. The van der Waals surface area contributed by atoms with E-state index in [1.165, 1.54) is 6.92 Å². The van der Waals surface area contributed by atoms with Crippen molar-refractivity contribution in [3.8, 4) is 11.5 Å². The van der Waals surface area contributed by atoms with Crippen molar-refractivity contribution in [2.75, 3.05) is 33.9 Å². The van der Waals surface area contributed by atoms with E-state index in [0.29, 0.717) is 25.2 Å². The summed E-state index contributed by atoms with van der Waals surface area (Å²) in [6, 6.07) is 5.65. The minimum Gasteiger partial charge on any atom is -0.492 e. The van der Waals surface area contributed by atoms with Gasteiger partial charge in [-0.3, -0.25) is 4.79 Å². The SMILES string of the molecule is CC(=O)C(C)Oc1cc(OCCN(C)C)ccc1CCCO. The van der Waals surface area contributed by atoms with Crippen LogP contribution < -0.4 is 9.47 Å². The van der Waals surface area contributed by atoms with E-state index in [1.54, 1.807) is 6.92 Å². The number of rotatable bonds is 10. The van der Waals surface area contributed by atoms with E-state index in [2.05, 4.69) is 0 Å². The van der Waals surface area contributed by atoms with E-state index in [9.17, 15) is 4.79 Å². The first-order valence-electron chi connectivity index (χ1n) is 7.62. The average Bonchev–Trinajstić information content (AvgIpc) is 2.45. The van der Waals surface area contributed by atoms with Gasteiger partial charge in [0, 0.05) is 19.2 Å². The molecule has 22 heavy (non-hydrogen) atoms. The zero-order valence-corrected chi connectivity index (χ0v) is 14.0. The number of likely N-dealkylation sites (N-methyl/N-ethyl adjacent to an activating group) is 1. The molecular formula is C17H27NO4. The summed E-state index contributed by atoms with van der Waals surface area (Å²) in [7, 11) is 3.98. The summed E-state index contributed by atoms with van der Waals surface area (Å²) in [6.07, 6.45) is 0.866. The van der Waals surface area contributed by atoms with Crippen LogP contribution in [0.2, 0.25) is 0 Å². The van der Waals surface area contributed by atoms with E-state index >= 15 is 0 Å². The number of ether oxygens (including phenoxy) is 2. The normalized spacial score (nSPS) is 12.3. The summed E-state index contributed by atoms with van der Waals surface area (Å²) >= 11 is 0. The van der Waals surface area contributed by atoms with Gasteiger partial charge in [-0.25, -0.2) is 0 Å². The number of nitrogens with zero attached hydrogens (tertiary/aromatic N) is 1. The fraction of sp³-hybridized carbons (Fsp3) is 0.588. The highest BCUT2D eigenvalue weighted by Crippen LogP contribution is 2.27. The van der Waals surface area contributed by atoms with Crippen LogP contribution in [0.3, 0.4) is 0 Å². The number of ketones is 1. The van der Waals surface area contributed by atoms with Gasteiger partial charge in [-0.15, -0.1) is 0 Å². The summed E-state index contributed by atoms with van der Waals surface area (Å²) in [6.45, 7) is 4.78. The van der Waals surface area contributed by atoms with E-state index in [1.807, 2.05) is 37.2 Å². The van der Waals surface area contributed by atoms with E-state index in [4.69, 9.17) is 14.6 Å². The maximum Gasteiger partial charge on any atom is 0.169 e. The van der Waals surface area contributed by atoms with Crippen LogP contribution in [0.5, 0.6) is 11.5 Å². The lowest BCUT2D eigenvalue weighted by molar-refractivity contribution is -0.122. The molecule has 0 saturated carbocycles. The van der Waals surface area contributed by atoms with Crippen molar-refractivity contribution in [2.45, 2.75) is 32.8 Å². The van der Waals surface area contributed by atoms with E-state index < -0.39 is 6.10 Å². The molecule has 1 atom stereocenters. The van der Waals surface area contributed by atoms with Gasteiger partial charge in [-0.1, -0.05) is 6.07 Å². The molecule has 0 aliphatic carbocycles. The van der Waals surface area contributed by atoms with Crippen molar-refractivity contribution in [3.63, 3.8) is 0 Å². The third-order valence-electron chi connectivity index (χ3n) is 3.33. The third kappa shape index (κ3) is 6.45. The number of Topliss-reactive ketones (excluding diaryl/α,β-unsaturated/α-hetero) is 1. The molecule has 0 fully saturated rings. The molecule has 0 spiro atoms. The zero-order valence-electron chi connectivity index (χ0n) is 14.0. The van der Waals surface area contributed by atoms with Gasteiger partial charge in [0.1, 0.15) is 18.1 Å². The predicted octanol–water partition coefficient (Wildman–Crippen LogP) is 1.91. The number of carbonyl (C=O) groups excluding carboxylic acids is 1. The topological polar surface area (TPSA) is 59.0 Å². The first kappa shape index (κ1) is 18.5. The van der Waals surface area contributed by atoms with Gasteiger partial charge < -0.3 is 19.5 Å². The number of benzene rings is 1. The molecule has 1 aromatic carbocycles. The van der Waals surface area contributed by atoms with Crippen LogP contribution >= 0.6 is 0 Å². The maximum absolute atomic E-state index is 11.4. The molecule has 0 radical (unpaired) electrons. The van der Waals surface area contributed by atoms with Gasteiger partial charge in [-0.2, -0.15) is 0 Å². The quantitative estimate of drug-likeness (QED) is 0.715. The summed E-state index contributed by atoms with van der Waals surface area (Å²) in [5, 5.41) is 8.99. The lowest BCUT2D eigenvalue weighted by atomic mass is 10.1. The summed E-state index contributed by atoms with van der Waals surface area (Å²) in [5.41, 5.74) is 0.974. The van der Waals surface area contributed by atoms with Crippen molar-refractivity contribution in [3.05, 3.63) is 23.8 Å². The minimum absolute atomic E-state index is 0.0213. The van der Waals surface area contributed by atoms with Gasteiger partial charge in [0.15, 0.2) is 11.9 Å². The van der Waals surface area contributed by atoms with Gasteiger partial charge in [-0.05, 0) is 52.4 Å². The third-order valence-corrected chi connectivity index (χ3v) is 3.33. The molecule has 124 valence electrons. The first-order valence-corrected chi connectivity index (χ1v) is 7.62. The van der Waals surface area contributed by atoms with Crippen LogP contribution in [0.4, 0.5) is 0 Å². The molecule has 0 amide bonds. The van der Waals surface area contributed by atoms with Crippen LogP contribution in [0.15, 0.2) is 18.2 Å². The molecule has 1 rings (SSSR count). The highest BCUT2D eigenvalue weighted by atomic mass is 16.5. The maximum atomic E-state index is 11.4. The lowest BCUT2D eigenvalue weighted by Crippen LogP contribution is -2.21. The second-order valence-corrected chi connectivity index (χ2v) is 5.62. The Morgan fingerprint density at radius 1 is 1.36 bits per heavy atom. The Labute approximate surface area is 132 Å². The van der Waals surface area contributed by atoms with Crippen LogP contribution in [0.1, 0.15) is 25.8 Å². The predicted molar refractivity (Wildman–Crippen MR) is 86.7 cm³/mol. The number of hydrogen-bond acceptors (Lipinski definition) is 5. The standard InChI is InChI=1S/C17H27NO4/c1-13(20)14(2)22-17-12-16(21-11-9-18(3)4)8-7-15(17)6-5-10-19/h7-8,12,14,19H,5-6,9-11H2,1-4H3. The molecule has 5 nitrogen and oxygen atoms in total. The van der Waals surface area contributed by atoms with Crippen LogP contribution in [0, 0.1) is 0 Å². The number of carbonyl (C=O) groups is 1. The summed E-state index contributed by atoms with van der Waals surface area (Å²) in [5.74, 6) is 1.35. The van der Waals surface area contributed by atoms with Crippen molar-refractivity contribution in [1.82, 2.24) is 4.90 Å². The van der Waals surface area contributed by atoms with E-state index in [-0.39, 0.29) is 12.4 Å². The lowest BCUT2D eigenvalue weighted by Gasteiger charge is -2.17. The second kappa shape index (κ2) is 9.43. The van der Waals surface area contributed by atoms with Crippen LogP contribution in [-0.4, -0.2) is 55.7 Å². The zero-order chi connectivity index (χ0) is 16.5. The smallest absolute Gasteiger partial charge is 0.169 e. The molecule has 5 heteroatoms. The van der Waals surface area contributed by atoms with Crippen molar-refractivity contribution in [2.24, 2.45) is 0 Å². The van der Waals surface area contributed by atoms with Crippen LogP contribution in [0.25, 0.3) is 0 Å². The van der Waals surface area contributed by atoms with Crippen molar-refractivity contribution < 1.29 is 19.4 Å². The molecule has 1 unspecified atom stereocenters. The first-order chi connectivity index (χ1) is 10.4. The Morgan fingerprint density at radius 2 is 2.09 bits per heavy atom. The molecule has 0 bridgehead atoms. The summed E-state index contributed by atoms with van der Waals surface area (Å²) < 4.78 is 11.5. The Kier molecular flexibility index (Phi) is 7.91. The second-order valence-electron chi connectivity index (χ2n) is 5.62. The molecule has 1 N–H and O–H groups in total.